The molecule has 7 nitrogen and oxygen atoms in total. The number of benzene rings is 1. The fraction of sp³-hybridized carbons (Fsp3) is 0.167. The van der Waals surface area contributed by atoms with Crippen molar-refractivity contribution in [2.45, 2.75) is 13.8 Å². The van der Waals surface area contributed by atoms with Crippen LogP contribution in [0.25, 0.3) is 0 Å². The summed E-state index contributed by atoms with van der Waals surface area (Å²) in [5, 5.41) is 16.7. The highest BCUT2D eigenvalue weighted by molar-refractivity contribution is 6.37. The van der Waals surface area contributed by atoms with E-state index in [2.05, 4.69) is 10.2 Å². The van der Waals surface area contributed by atoms with Crippen molar-refractivity contribution in [3.8, 4) is 11.6 Å². The molecular formula is C12H9Cl2N3O4. The van der Waals surface area contributed by atoms with Crippen LogP contribution in [0.4, 0.5) is 5.69 Å². The normalized spacial score (nSPS) is 10.5. The number of hydrogen-bond donors (Lipinski definition) is 1. The quantitative estimate of drug-likeness (QED) is 0.687. The van der Waals surface area contributed by atoms with Crippen LogP contribution >= 0.6 is 23.2 Å². The zero-order valence-electron chi connectivity index (χ0n) is 10.9. The Morgan fingerprint density at radius 3 is 2.33 bits per heavy atom. The summed E-state index contributed by atoms with van der Waals surface area (Å²) < 4.78 is 5.47. The van der Waals surface area contributed by atoms with Gasteiger partial charge in [0, 0.05) is 23.3 Å². The number of H-pyrrole nitrogens is 1. The molecule has 2 rings (SSSR count). The maximum atomic E-state index is 11.4. The van der Waals surface area contributed by atoms with Gasteiger partial charge in [0.25, 0.3) is 11.2 Å². The summed E-state index contributed by atoms with van der Waals surface area (Å²) in [5.41, 5.74) is 0.374. The van der Waals surface area contributed by atoms with Crippen LogP contribution in [0, 0.1) is 24.0 Å². The van der Waals surface area contributed by atoms with E-state index in [-0.39, 0.29) is 32.9 Å². The van der Waals surface area contributed by atoms with Crippen molar-refractivity contribution in [1.29, 1.82) is 0 Å². The summed E-state index contributed by atoms with van der Waals surface area (Å²) in [5.74, 6) is 0.149. The highest BCUT2D eigenvalue weighted by Gasteiger charge is 2.18. The molecule has 0 bridgehead atoms. The number of nitro benzene ring substituents is 1. The van der Waals surface area contributed by atoms with Crippen molar-refractivity contribution in [3.05, 3.63) is 53.8 Å². The van der Waals surface area contributed by atoms with Crippen LogP contribution < -0.4 is 10.3 Å². The van der Waals surface area contributed by atoms with Gasteiger partial charge in [-0.25, -0.2) is 5.10 Å². The molecule has 0 unspecified atom stereocenters. The van der Waals surface area contributed by atoms with Gasteiger partial charge in [-0.3, -0.25) is 14.9 Å². The topological polar surface area (TPSA) is 98.1 Å². The summed E-state index contributed by atoms with van der Waals surface area (Å²) in [7, 11) is 0. The standard InChI is InChI=1S/C12H9Cl2N3O4/c1-5-6(2)12(16-15-11(5)18)21-10-8(13)3-7(17(19)20)4-9(10)14/h3-4H,1-2H3,(H,15,18). The van der Waals surface area contributed by atoms with E-state index in [1.165, 1.54) is 0 Å². The Hall–Kier alpha value is -2.12. The first-order valence-electron chi connectivity index (χ1n) is 5.68. The van der Waals surface area contributed by atoms with Gasteiger partial charge in [0.15, 0.2) is 5.75 Å². The SMILES string of the molecule is Cc1c(Oc2c(Cl)cc([N+](=O)[O-])cc2Cl)n[nH]c(=O)c1C. The Morgan fingerprint density at radius 1 is 1.24 bits per heavy atom. The number of non-ortho nitro benzene ring substituents is 1. The lowest BCUT2D eigenvalue weighted by molar-refractivity contribution is -0.384. The van der Waals surface area contributed by atoms with Gasteiger partial charge >= 0.3 is 0 Å². The van der Waals surface area contributed by atoms with Crippen molar-refractivity contribution in [3.63, 3.8) is 0 Å². The largest absolute Gasteiger partial charge is 0.434 e. The van der Waals surface area contributed by atoms with Gasteiger partial charge in [0.05, 0.1) is 15.0 Å². The van der Waals surface area contributed by atoms with Gasteiger partial charge in [0.2, 0.25) is 5.88 Å². The van der Waals surface area contributed by atoms with E-state index in [0.717, 1.165) is 12.1 Å². The second-order valence-electron chi connectivity index (χ2n) is 4.21. The number of aromatic amines is 1. The lowest BCUT2D eigenvalue weighted by Gasteiger charge is -2.11. The first-order valence-corrected chi connectivity index (χ1v) is 6.44. The van der Waals surface area contributed by atoms with Gasteiger partial charge in [-0.05, 0) is 13.8 Å². The fourth-order valence-corrected chi connectivity index (χ4v) is 2.10. The molecule has 0 amide bonds. The predicted octanol–water partition coefficient (Wildman–Crippen LogP) is 3.39. The minimum Gasteiger partial charge on any atom is -0.434 e. The minimum absolute atomic E-state index is 0.0285. The number of hydrogen-bond acceptors (Lipinski definition) is 5. The van der Waals surface area contributed by atoms with Crippen molar-refractivity contribution in [2.24, 2.45) is 0 Å². The molecule has 2 aromatic rings. The van der Waals surface area contributed by atoms with E-state index in [0.29, 0.717) is 11.1 Å². The van der Waals surface area contributed by atoms with Gasteiger partial charge < -0.3 is 4.74 Å². The first kappa shape index (κ1) is 15.3. The van der Waals surface area contributed by atoms with Crippen molar-refractivity contribution in [1.82, 2.24) is 10.2 Å². The van der Waals surface area contributed by atoms with E-state index >= 15 is 0 Å². The molecule has 0 atom stereocenters. The summed E-state index contributed by atoms with van der Waals surface area (Å²) in [6, 6.07) is 2.24. The zero-order chi connectivity index (χ0) is 15.7. The summed E-state index contributed by atoms with van der Waals surface area (Å²) >= 11 is 11.9. The number of nitro groups is 1. The van der Waals surface area contributed by atoms with Gasteiger partial charge in [-0.2, -0.15) is 0 Å². The highest BCUT2D eigenvalue weighted by Crippen LogP contribution is 2.39. The number of nitrogens with one attached hydrogen (secondary N) is 1. The molecule has 9 heteroatoms. The summed E-state index contributed by atoms with van der Waals surface area (Å²) in [4.78, 5) is 21.5. The second kappa shape index (κ2) is 5.71. The number of ether oxygens (including phenoxy) is 1. The Labute approximate surface area is 128 Å². The minimum atomic E-state index is -0.616. The van der Waals surface area contributed by atoms with Crippen LogP contribution in [-0.4, -0.2) is 15.1 Å². The average molecular weight is 330 g/mol. The number of aromatic nitrogens is 2. The maximum Gasteiger partial charge on any atom is 0.272 e. The third-order valence-corrected chi connectivity index (χ3v) is 3.44. The van der Waals surface area contributed by atoms with Crippen LogP contribution in [0.15, 0.2) is 16.9 Å². The lowest BCUT2D eigenvalue weighted by atomic mass is 10.2. The molecule has 1 heterocycles. The fourth-order valence-electron chi connectivity index (χ4n) is 1.55. The van der Waals surface area contributed by atoms with Gasteiger partial charge in [-0.1, -0.05) is 23.2 Å². The maximum absolute atomic E-state index is 11.4. The van der Waals surface area contributed by atoms with Crippen LogP contribution in [-0.2, 0) is 0 Å². The number of rotatable bonds is 3. The Morgan fingerprint density at radius 2 is 1.81 bits per heavy atom. The van der Waals surface area contributed by atoms with E-state index < -0.39 is 4.92 Å². The third kappa shape index (κ3) is 2.98. The molecule has 110 valence electrons. The Bertz CT molecular complexity index is 766. The average Bonchev–Trinajstić information content (AvgIpc) is 2.42. The van der Waals surface area contributed by atoms with Crippen LogP contribution in [0.5, 0.6) is 11.6 Å². The Balaban J connectivity index is 2.48. The molecule has 21 heavy (non-hydrogen) atoms. The predicted molar refractivity (Wildman–Crippen MR) is 77.5 cm³/mol. The molecule has 0 saturated carbocycles. The molecule has 0 saturated heterocycles. The molecule has 0 aliphatic rings. The smallest absolute Gasteiger partial charge is 0.272 e. The molecule has 0 aliphatic carbocycles. The monoisotopic (exact) mass is 329 g/mol. The summed E-state index contributed by atoms with van der Waals surface area (Å²) in [6.07, 6.45) is 0. The van der Waals surface area contributed by atoms with Crippen LogP contribution in [0.1, 0.15) is 11.1 Å². The van der Waals surface area contributed by atoms with Crippen LogP contribution in [0.2, 0.25) is 10.0 Å². The van der Waals surface area contributed by atoms with Crippen LogP contribution in [0.3, 0.4) is 0 Å². The molecular weight excluding hydrogens is 321 g/mol. The van der Waals surface area contributed by atoms with E-state index in [9.17, 15) is 14.9 Å². The van der Waals surface area contributed by atoms with Gasteiger partial charge in [0.1, 0.15) is 0 Å². The molecule has 1 aromatic heterocycles. The Kier molecular flexibility index (Phi) is 4.15. The van der Waals surface area contributed by atoms with Crippen molar-refractivity contribution in [2.75, 3.05) is 0 Å². The summed E-state index contributed by atoms with van der Waals surface area (Å²) in [6.45, 7) is 3.27. The molecule has 1 aromatic carbocycles. The number of halogens is 2. The second-order valence-corrected chi connectivity index (χ2v) is 5.02. The molecule has 0 fully saturated rings. The number of nitrogens with zero attached hydrogens (tertiary/aromatic N) is 2. The van der Waals surface area contributed by atoms with Crippen molar-refractivity contribution < 1.29 is 9.66 Å². The molecule has 0 aliphatic heterocycles. The van der Waals surface area contributed by atoms with E-state index in [1.54, 1.807) is 13.8 Å². The van der Waals surface area contributed by atoms with Gasteiger partial charge in [-0.15, -0.1) is 5.10 Å². The lowest BCUT2D eigenvalue weighted by Crippen LogP contribution is -2.14. The van der Waals surface area contributed by atoms with Crippen molar-refractivity contribution >= 4 is 28.9 Å². The van der Waals surface area contributed by atoms with E-state index in [1.807, 2.05) is 0 Å². The molecule has 1 N–H and O–H groups in total. The highest BCUT2D eigenvalue weighted by atomic mass is 35.5. The molecule has 0 radical (unpaired) electrons. The zero-order valence-corrected chi connectivity index (χ0v) is 12.4. The first-order chi connectivity index (χ1) is 9.81. The van der Waals surface area contributed by atoms with E-state index in [4.69, 9.17) is 27.9 Å². The molecule has 0 spiro atoms. The third-order valence-electron chi connectivity index (χ3n) is 2.88.